The Morgan fingerprint density at radius 2 is 0.447 bits per heavy atom. The molecule has 0 saturated heterocycles. The van der Waals surface area contributed by atoms with E-state index in [0.29, 0.717) is 37.5 Å². The summed E-state index contributed by atoms with van der Waals surface area (Å²) in [7, 11) is -9.91. The van der Waals surface area contributed by atoms with Crippen molar-refractivity contribution in [3.63, 3.8) is 0 Å². The number of carbonyl (C=O) groups excluding carboxylic acids is 4. The Morgan fingerprint density at radius 3 is 0.660 bits per heavy atom. The molecule has 0 radical (unpaired) electrons. The number of aliphatic hydroxyl groups excluding tert-OH is 1. The van der Waals surface area contributed by atoms with E-state index in [1.54, 1.807) is 0 Å². The molecule has 0 aromatic heterocycles. The molecule has 3 N–H and O–H groups in total. The Morgan fingerprint density at radius 1 is 0.266 bits per heavy atom. The zero-order chi connectivity index (χ0) is 69.6. The van der Waals surface area contributed by atoms with Crippen LogP contribution in [0.1, 0.15) is 376 Å². The van der Waals surface area contributed by atoms with E-state index in [0.717, 1.165) is 115 Å². The second-order valence-corrected chi connectivity index (χ2v) is 31.9. The first-order valence-corrected chi connectivity index (χ1v) is 41.7. The second kappa shape index (κ2) is 64.4. The van der Waals surface area contributed by atoms with Gasteiger partial charge in [0.25, 0.3) is 0 Å². The molecule has 0 rings (SSSR count). The number of rotatable bonds is 72. The van der Waals surface area contributed by atoms with Gasteiger partial charge >= 0.3 is 39.5 Å². The lowest BCUT2D eigenvalue weighted by Crippen LogP contribution is -2.30. The van der Waals surface area contributed by atoms with Crippen LogP contribution in [0.5, 0.6) is 0 Å². The maximum atomic E-state index is 13.0. The highest BCUT2D eigenvalue weighted by atomic mass is 31.2. The summed E-state index contributed by atoms with van der Waals surface area (Å²) >= 11 is 0. The number of aliphatic hydroxyl groups is 1. The number of esters is 4. The van der Waals surface area contributed by atoms with Crippen molar-refractivity contribution in [3.8, 4) is 0 Å². The van der Waals surface area contributed by atoms with Crippen molar-refractivity contribution in [1.82, 2.24) is 0 Å². The molecular formula is C75H146O17P2. The zero-order valence-electron chi connectivity index (χ0n) is 61.6. The molecule has 558 valence electrons. The molecule has 19 heteroatoms. The molecule has 2 unspecified atom stereocenters. The fourth-order valence-corrected chi connectivity index (χ4v) is 13.0. The van der Waals surface area contributed by atoms with Crippen molar-refractivity contribution in [1.29, 1.82) is 0 Å². The third-order valence-electron chi connectivity index (χ3n) is 17.3. The largest absolute Gasteiger partial charge is 0.472 e. The lowest BCUT2D eigenvalue weighted by atomic mass is 10.0. The Hall–Kier alpha value is -1.94. The molecule has 94 heavy (non-hydrogen) atoms. The van der Waals surface area contributed by atoms with E-state index in [1.165, 1.54) is 167 Å². The van der Waals surface area contributed by atoms with Gasteiger partial charge in [-0.2, -0.15) is 0 Å². The Labute approximate surface area is 575 Å². The van der Waals surface area contributed by atoms with Crippen LogP contribution >= 0.6 is 15.6 Å². The molecule has 17 nitrogen and oxygen atoms in total. The van der Waals surface area contributed by atoms with Crippen LogP contribution in [0.25, 0.3) is 0 Å². The van der Waals surface area contributed by atoms with Crippen LogP contribution < -0.4 is 0 Å². The summed E-state index contributed by atoms with van der Waals surface area (Å²) in [5.74, 6) is 0.837. The molecule has 0 saturated carbocycles. The van der Waals surface area contributed by atoms with Crippen molar-refractivity contribution in [2.75, 3.05) is 39.6 Å². The number of hydrogen-bond acceptors (Lipinski definition) is 15. The maximum absolute atomic E-state index is 13.0. The molecule has 0 bridgehead atoms. The number of hydrogen-bond donors (Lipinski definition) is 3. The molecule has 0 aliphatic rings. The van der Waals surface area contributed by atoms with Crippen LogP contribution in [0.4, 0.5) is 0 Å². The highest BCUT2D eigenvalue weighted by Crippen LogP contribution is 2.45. The highest BCUT2D eigenvalue weighted by molar-refractivity contribution is 7.47. The molecule has 0 spiro atoms. The van der Waals surface area contributed by atoms with Crippen LogP contribution in [-0.2, 0) is 65.4 Å². The number of unbranched alkanes of at least 4 members (excludes halogenated alkanes) is 38. The van der Waals surface area contributed by atoms with Crippen LogP contribution in [0.2, 0.25) is 0 Å². The SMILES string of the molecule is CC(C)CCCCCCCCCCCCCCCCCCC(=O)O[C@H](COC(=O)CCCCCCCCC(C)C)COP(=O)(O)OC[C@@H](O)COP(=O)(O)OC[C@@H](COC(=O)CCCCCCCCC(C)C)OC(=O)CCCCCCCCCCCCCCCCC(C)C. The van der Waals surface area contributed by atoms with E-state index < -0.39 is 97.5 Å². The average molecular weight is 1380 g/mol. The second-order valence-electron chi connectivity index (χ2n) is 28.9. The summed E-state index contributed by atoms with van der Waals surface area (Å²) in [6, 6.07) is 0. The fourth-order valence-electron chi connectivity index (χ4n) is 11.4. The summed E-state index contributed by atoms with van der Waals surface area (Å²) in [5, 5.41) is 10.6. The van der Waals surface area contributed by atoms with E-state index in [4.69, 9.17) is 37.0 Å². The van der Waals surface area contributed by atoms with Crippen LogP contribution in [-0.4, -0.2) is 96.7 Å². The van der Waals surface area contributed by atoms with E-state index in [2.05, 4.69) is 55.4 Å². The molecule has 0 aromatic rings. The number of phosphoric acid groups is 2. The predicted octanol–water partition coefficient (Wildman–Crippen LogP) is 21.7. The van der Waals surface area contributed by atoms with Gasteiger partial charge < -0.3 is 33.8 Å². The van der Waals surface area contributed by atoms with Gasteiger partial charge in [0.15, 0.2) is 12.2 Å². The molecule has 0 heterocycles. The lowest BCUT2D eigenvalue weighted by Gasteiger charge is -2.21. The molecule has 0 aliphatic heterocycles. The normalized spacial score (nSPS) is 14.2. The number of ether oxygens (including phenoxy) is 4. The predicted molar refractivity (Wildman–Crippen MR) is 381 cm³/mol. The van der Waals surface area contributed by atoms with Gasteiger partial charge in [-0.3, -0.25) is 37.3 Å². The Kier molecular flexibility index (Phi) is 63.1. The van der Waals surface area contributed by atoms with Crippen molar-refractivity contribution in [2.24, 2.45) is 23.7 Å². The molecular weight excluding hydrogens is 1230 g/mol. The van der Waals surface area contributed by atoms with Gasteiger partial charge in [0.05, 0.1) is 26.4 Å². The molecule has 0 amide bonds. The van der Waals surface area contributed by atoms with Gasteiger partial charge in [-0.25, -0.2) is 9.13 Å². The van der Waals surface area contributed by atoms with Crippen LogP contribution in [0.3, 0.4) is 0 Å². The van der Waals surface area contributed by atoms with Crippen molar-refractivity contribution in [2.45, 2.75) is 395 Å². The zero-order valence-corrected chi connectivity index (χ0v) is 63.4. The summed E-state index contributed by atoms with van der Waals surface area (Å²) in [6.45, 7) is 14.1. The minimum absolute atomic E-state index is 0.106. The Balaban J connectivity index is 5.16. The van der Waals surface area contributed by atoms with Gasteiger partial charge in [0, 0.05) is 25.7 Å². The van der Waals surface area contributed by atoms with Crippen LogP contribution in [0, 0.1) is 23.7 Å². The molecule has 0 aliphatic carbocycles. The van der Waals surface area contributed by atoms with E-state index in [1.807, 2.05) is 0 Å². The third kappa shape index (κ3) is 68.6. The van der Waals surface area contributed by atoms with Gasteiger partial charge in [0.2, 0.25) is 0 Å². The van der Waals surface area contributed by atoms with Crippen LogP contribution in [0.15, 0.2) is 0 Å². The monoisotopic (exact) mass is 1380 g/mol. The topological polar surface area (TPSA) is 237 Å². The highest BCUT2D eigenvalue weighted by Gasteiger charge is 2.30. The number of carbonyl (C=O) groups is 4. The minimum Gasteiger partial charge on any atom is -0.462 e. The van der Waals surface area contributed by atoms with Crippen molar-refractivity contribution < 1.29 is 80.2 Å². The van der Waals surface area contributed by atoms with Gasteiger partial charge in [-0.15, -0.1) is 0 Å². The number of phosphoric ester groups is 2. The minimum atomic E-state index is -4.95. The van der Waals surface area contributed by atoms with E-state index in [9.17, 15) is 43.2 Å². The first kappa shape index (κ1) is 92.1. The maximum Gasteiger partial charge on any atom is 0.472 e. The smallest absolute Gasteiger partial charge is 0.462 e. The molecule has 0 fully saturated rings. The lowest BCUT2D eigenvalue weighted by molar-refractivity contribution is -0.161. The van der Waals surface area contributed by atoms with E-state index in [-0.39, 0.29) is 25.7 Å². The summed E-state index contributed by atoms with van der Waals surface area (Å²) in [5.41, 5.74) is 0. The van der Waals surface area contributed by atoms with E-state index >= 15 is 0 Å². The molecule has 5 atom stereocenters. The average Bonchev–Trinajstić information content (AvgIpc) is 2.84. The van der Waals surface area contributed by atoms with Gasteiger partial charge in [-0.1, -0.05) is 325 Å². The standard InChI is InChI=1S/C75H146O17P2/c1-65(2)51-43-35-27-23-19-15-11-9-10-12-17-21-25-29-41-49-57-74(79)91-70(61-85-72(77)55-47-39-33-31-37-45-53-67(5)6)63-89-93(81,82)87-59-69(76)60-88-94(83,84)90-64-71(62-86-73(78)56-48-40-34-32-38-46-54-68(7)8)92-75(80)58-50-42-30-26-22-18-14-13-16-20-24-28-36-44-52-66(3)4/h65-71,76H,9-64H2,1-8H3,(H,81,82)(H,83,84)/t69-,70-,71-/m1/s1. The summed E-state index contributed by atoms with van der Waals surface area (Å²) in [4.78, 5) is 72.6. The third-order valence-corrected chi connectivity index (χ3v) is 19.2. The summed E-state index contributed by atoms with van der Waals surface area (Å²) < 4.78 is 68.4. The summed E-state index contributed by atoms with van der Waals surface area (Å²) in [6.07, 6.45) is 49.0. The quantitative estimate of drug-likeness (QED) is 0.0222. The van der Waals surface area contributed by atoms with Crippen molar-refractivity contribution in [3.05, 3.63) is 0 Å². The fraction of sp³-hybridized carbons (Fsp3) is 0.947. The van der Waals surface area contributed by atoms with Gasteiger partial charge in [-0.05, 0) is 49.4 Å². The first-order chi connectivity index (χ1) is 45.1. The first-order valence-electron chi connectivity index (χ1n) is 38.7. The Bertz CT molecular complexity index is 1850. The van der Waals surface area contributed by atoms with Crippen molar-refractivity contribution >= 4 is 39.5 Å². The molecule has 0 aromatic carbocycles. The van der Waals surface area contributed by atoms with Gasteiger partial charge in [0.1, 0.15) is 19.3 Å².